The van der Waals surface area contributed by atoms with Gasteiger partial charge in [-0.3, -0.25) is 0 Å². The first-order chi connectivity index (χ1) is 7.55. The van der Waals surface area contributed by atoms with Crippen LogP contribution in [0.2, 0.25) is 0 Å². The van der Waals surface area contributed by atoms with Gasteiger partial charge in [-0.2, -0.15) is 0 Å². The highest BCUT2D eigenvalue weighted by atomic mass is 79.9. The number of alkyl halides is 2. The molecule has 0 saturated carbocycles. The van der Waals surface area contributed by atoms with Gasteiger partial charge in [-0.25, -0.2) is 0 Å². The standard InChI is InChI=1S/C11H10Br2O3.2BrH/c1-3-4-7-5-8(14-2)10-9(6-7)15-11(12,13)16-10;;/h3,5-6H,1,4H2,2H3;2*1H. The summed E-state index contributed by atoms with van der Waals surface area (Å²) in [5, 5.41) is 0. The second-order valence-corrected chi connectivity index (χ2v) is 6.44. The average molecular weight is 512 g/mol. The van der Waals surface area contributed by atoms with Crippen LogP contribution in [0.25, 0.3) is 0 Å². The number of hydrogen-bond acceptors (Lipinski definition) is 3. The zero-order valence-electron chi connectivity index (χ0n) is 9.44. The Morgan fingerprint density at radius 1 is 1.33 bits per heavy atom. The van der Waals surface area contributed by atoms with E-state index in [-0.39, 0.29) is 34.0 Å². The summed E-state index contributed by atoms with van der Waals surface area (Å²) in [4.78, 5) is 0. The molecule has 0 aromatic heterocycles. The van der Waals surface area contributed by atoms with Crippen molar-refractivity contribution in [2.45, 2.75) is 10.0 Å². The molecule has 0 aliphatic carbocycles. The normalized spacial score (nSPS) is 14.2. The molecule has 0 fully saturated rings. The van der Waals surface area contributed by atoms with Crippen LogP contribution in [0.4, 0.5) is 0 Å². The number of allylic oxidation sites excluding steroid dienone is 1. The topological polar surface area (TPSA) is 27.7 Å². The van der Waals surface area contributed by atoms with Crippen LogP contribution in [-0.4, -0.2) is 10.7 Å². The number of fused-ring (bicyclic) bond motifs is 1. The van der Waals surface area contributed by atoms with Crippen LogP contribution in [-0.2, 0) is 6.42 Å². The third kappa shape index (κ3) is 3.88. The van der Waals surface area contributed by atoms with Gasteiger partial charge in [0.15, 0.2) is 11.5 Å². The van der Waals surface area contributed by atoms with E-state index < -0.39 is 3.61 Å². The van der Waals surface area contributed by atoms with Crippen molar-refractivity contribution in [2.24, 2.45) is 0 Å². The summed E-state index contributed by atoms with van der Waals surface area (Å²) < 4.78 is 15.3. The van der Waals surface area contributed by atoms with E-state index in [0.29, 0.717) is 17.2 Å². The van der Waals surface area contributed by atoms with E-state index in [4.69, 9.17) is 14.2 Å². The van der Waals surface area contributed by atoms with E-state index >= 15 is 0 Å². The van der Waals surface area contributed by atoms with Crippen molar-refractivity contribution in [3.8, 4) is 17.2 Å². The molecule has 7 heteroatoms. The summed E-state index contributed by atoms with van der Waals surface area (Å²) in [6, 6.07) is 3.81. The van der Waals surface area contributed by atoms with Gasteiger partial charge in [0.1, 0.15) is 0 Å². The molecule has 2 rings (SSSR count). The minimum absolute atomic E-state index is 0. The molecule has 1 heterocycles. The predicted octanol–water partition coefficient (Wildman–Crippen LogP) is 4.75. The fourth-order valence-corrected chi connectivity index (χ4v) is 2.18. The lowest BCUT2D eigenvalue weighted by molar-refractivity contribution is 0.113. The Labute approximate surface area is 144 Å². The molecule has 1 aromatic carbocycles. The molecule has 1 aliphatic heterocycles. The molecule has 0 bridgehead atoms. The summed E-state index contributed by atoms with van der Waals surface area (Å²) in [7, 11) is 1.60. The van der Waals surface area contributed by atoms with Crippen LogP contribution in [0.5, 0.6) is 17.2 Å². The Morgan fingerprint density at radius 3 is 2.56 bits per heavy atom. The molecule has 1 aromatic rings. The summed E-state index contributed by atoms with van der Waals surface area (Å²) in [6.45, 7) is 3.70. The van der Waals surface area contributed by atoms with Gasteiger partial charge < -0.3 is 14.2 Å². The Hall–Kier alpha value is 0.280. The zero-order valence-corrected chi connectivity index (χ0v) is 16.0. The quantitative estimate of drug-likeness (QED) is 0.433. The first kappa shape index (κ1) is 18.3. The molecule has 3 nitrogen and oxygen atoms in total. The summed E-state index contributed by atoms with van der Waals surface area (Å²) in [6.07, 6.45) is 2.58. The molecule has 0 spiro atoms. The van der Waals surface area contributed by atoms with Crippen LogP contribution in [0, 0.1) is 0 Å². The monoisotopic (exact) mass is 508 g/mol. The van der Waals surface area contributed by atoms with E-state index in [9.17, 15) is 0 Å². The third-order valence-corrected chi connectivity index (χ3v) is 2.78. The highest BCUT2D eigenvalue weighted by Crippen LogP contribution is 2.50. The van der Waals surface area contributed by atoms with Crippen molar-refractivity contribution >= 4 is 65.8 Å². The second-order valence-electron chi connectivity index (χ2n) is 3.29. The first-order valence-corrected chi connectivity index (χ1v) is 6.22. The molecule has 1 aliphatic rings. The summed E-state index contributed by atoms with van der Waals surface area (Å²) >= 11 is 6.49. The number of halogens is 4. The van der Waals surface area contributed by atoms with Crippen molar-refractivity contribution in [1.82, 2.24) is 0 Å². The van der Waals surface area contributed by atoms with Crippen molar-refractivity contribution < 1.29 is 14.2 Å². The highest BCUT2D eigenvalue weighted by Gasteiger charge is 2.38. The maximum atomic E-state index is 5.52. The molecule has 102 valence electrons. The third-order valence-electron chi connectivity index (χ3n) is 2.13. The molecule has 18 heavy (non-hydrogen) atoms. The van der Waals surface area contributed by atoms with Gasteiger partial charge >= 0.3 is 3.61 Å². The van der Waals surface area contributed by atoms with E-state index in [2.05, 4.69) is 38.4 Å². The van der Waals surface area contributed by atoms with Crippen LogP contribution in [0.1, 0.15) is 5.56 Å². The molecular formula is C11H12Br4O3. The fourth-order valence-electron chi connectivity index (χ4n) is 1.51. The van der Waals surface area contributed by atoms with Gasteiger partial charge in [-0.05, 0) is 24.1 Å². The SMILES string of the molecule is Br.Br.C=CCc1cc(OC)c2c(c1)OC(Br)(Br)O2. The zero-order chi connectivity index (χ0) is 11.8. The van der Waals surface area contributed by atoms with Crippen molar-refractivity contribution in [3.63, 3.8) is 0 Å². The average Bonchev–Trinajstić information content (AvgIpc) is 2.51. The lowest BCUT2D eigenvalue weighted by Crippen LogP contribution is -2.21. The van der Waals surface area contributed by atoms with Gasteiger partial charge in [-0.15, -0.1) is 40.5 Å². The molecule has 0 amide bonds. The maximum absolute atomic E-state index is 5.52. The van der Waals surface area contributed by atoms with E-state index in [1.54, 1.807) is 7.11 Å². The summed E-state index contributed by atoms with van der Waals surface area (Å²) in [5.74, 6) is 1.88. The van der Waals surface area contributed by atoms with E-state index in [1.165, 1.54) is 0 Å². The van der Waals surface area contributed by atoms with Gasteiger partial charge in [0.25, 0.3) is 0 Å². The van der Waals surface area contributed by atoms with Crippen LogP contribution in [0.3, 0.4) is 0 Å². The van der Waals surface area contributed by atoms with Crippen molar-refractivity contribution in [1.29, 1.82) is 0 Å². The van der Waals surface area contributed by atoms with Crippen molar-refractivity contribution in [2.75, 3.05) is 7.11 Å². The number of rotatable bonds is 3. The second kappa shape index (κ2) is 7.17. The molecule has 0 atom stereocenters. The molecule has 0 N–H and O–H groups in total. The smallest absolute Gasteiger partial charge is 0.368 e. The van der Waals surface area contributed by atoms with Gasteiger partial charge in [0, 0.05) is 31.9 Å². The van der Waals surface area contributed by atoms with Crippen LogP contribution < -0.4 is 14.2 Å². The molecule has 0 unspecified atom stereocenters. The minimum atomic E-state index is -0.998. The lowest BCUT2D eigenvalue weighted by atomic mass is 10.1. The molecule has 0 radical (unpaired) electrons. The number of benzene rings is 1. The Kier molecular flexibility index (Phi) is 7.28. The largest absolute Gasteiger partial charge is 0.493 e. The number of methoxy groups -OCH3 is 1. The molecular weight excluding hydrogens is 500 g/mol. The summed E-state index contributed by atoms with van der Waals surface area (Å²) in [5.41, 5.74) is 1.06. The van der Waals surface area contributed by atoms with Gasteiger partial charge in [-0.1, -0.05) is 6.08 Å². The fraction of sp³-hybridized carbons (Fsp3) is 0.273. The Bertz CT molecular complexity index is 435. The van der Waals surface area contributed by atoms with Crippen molar-refractivity contribution in [3.05, 3.63) is 30.4 Å². The minimum Gasteiger partial charge on any atom is -0.493 e. The van der Waals surface area contributed by atoms with Crippen LogP contribution >= 0.6 is 65.8 Å². The highest BCUT2D eigenvalue weighted by molar-refractivity contribution is 9.25. The number of hydrogen-bond donors (Lipinski definition) is 0. The predicted molar refractivity (Wildman–Crippen MR) is 89.4 cm³/mol. The maximum Gasteiger partial charge on any atom is 0.368 e. The lowest BCUT2D eigenvalue weighted by Gasteiger charge is -2.11. The molecule has 0 saturated heterocycles. The van der Waals surface area contributed by atoms with E-state index in [1.807, 2.05) is 18.2 Å². The van der Waals surface area contributed by atoms with Gasteiger partial charge in [0.05, 0.1) is 7.11 Å². The Morgan fingerprint density at radius 2 is 2.00 bits per heavy atom. The first-order valence-electron chi connectivity index (χ1n) is 4.63. The Balaban J connectivity index is 0.00000144. The van der Waals surface area contributed by atoms with Gasteiger partial charge in [0.2, 0.25) is 5.75 Å². The number of ether oxygens (including phenoxy) is 3. The van der Waals surface area contributed by atoms with E-state index in [0.717, 1.165) is 12.0 Å². The van der Waals surface area contributed by atoms with Crippen LogP contribution in [0.15, 0.2) is 24.8 Å².